The van der Waals surface area contributed by atoms with Crippen molar-refractivity contribution in [3.63, 3.8) is 0 Å². The normalized spacial score (nSPS) is 20.9. The highest BCUT2D eigenvalue weighted by atomic mass is 127. The summed E-state index contributed by atoms with van der Waals surface area (Å²) in [6, 6.07) is 0. The van der Waals surface area contributed by atoms with Crippen molar-refractivity contribution in [1.82, 2.24) is 20.4 Å². The second-order valence-electron chi connectivity index (χ2n) is 5.82. The molecule has 21 heavy (non-hydrogen) atoms. The van der Waals surface area contributed by atoms with Crippen molar-refractivity contribution in [2.45, 2.75) is 40.7 Å². The summed E-state index contributed by atoms with van der Waals surface area (Å²) >= 11 is 0. The van der Waals surface area contributed by atoms with Crippen LogP contribution in [0.15, 0.2) is 4.99 Å². The lowest BCUT2D eigenvalue weighted by Gasteiger charge is -2.11. The van der Waals surface area contributed by atoms with Crippen molar-refractivity contribution in [3.8, 4) is 0 Å². The van der Waals surface area contributed by atoms with Crippen LogP contribution in [0.4, 0.5) is 0 Å². The topological polar surface area (TPSA) is 54.2 Å². The third-order valence-corrected chi connectivity index (χ3v) is 4.21. The van der Waals surface area contributed by atoms with E-state index in [9.17, 15) is 0 Å². The summed E-state index contributed by atoms with van der Waals surface area (Å²) in [6.45, 7) is 11.1. The first-order valence-corrected chi connectivity index (χ1v) is 7.54. The number of hydrogen-bond acceptors (Lipinski definition) is 2. The number of aryl methyl sites for hydroxylation is 2. The number of nitrogens with zero attached hydrogens (tertiary/aromatic N) is 3. The van der Waals surface area contributed by atoms with Crippen LogP contribution in [-0.4, -0.2) is 28.8 Å². The molecule has 1 aliphatic carbocycles. The Kier molecular flexibility index (Phi) is 6.96. The second kappa shape index (κ2) is 8.00. The van der Waals surface area contributed by atoms with E-state index in [-0.39, 0.29) is 24.0 Å². The van der Waals surface area contributed by atoms with Crippen LogP contribution in [0.2, 0.25) is 0 Å². The number of aliphatic imine (C=N–C) groups is 1. The molecular formula is C15H28IN5. The van der Waals surface area contributed by atoms with Crippen molar-refractivity contribution < 1.29 is 0 Å². The van der Waals surface area contributed by atoms with Gasteiger partial charge in [0.25, 0.3) is 0 Å². The van der Waals surface area contributed by atoms with Crippen molar-refractivity contribution in [2.75, 3.05) is 13.1 Å². The summed E-state index contributed by atoms with van der Waals surface area (Å²) in [6.07, 6.45) is 1.34. The summed E-state index contributed by atoms with van der Waals surface area (Å²) in [7, 11) is 1.98. The fourth-order valence-corrected chi connectivity index (χ4v) is 2.46. The van der Waals surface area contributed by atoms with Gasteiger partial charge in [-0.1, -0.05) is 6.92 Å². The quantitative estimate of drug-likeness (QED) is 0.449. The molecule has 2 rings (SSSR count). The van der Waals surface area contributed by atoms with Crippen LogP contribution in [-0.2, 0) is 13.6 Å². The lowest BCUT2D eigenvalue weighted by Crippen LogP contribution is -2.38. The van der Waals surface area contributed by atoms with Gasteiger partial charge in [0, 0.05) is 31.4 Å². The summed E-state index contributed by atoms with van der Waals surface area (Å²) in [4.78, 5) is 4.68. The van der Waals surface area contributed by atoms with Crippen molar-refractivity contribution in [2.24, 2.45) is 23.9 Å². The molecule has 0 spiro atoms. The Bertz CT molecular complexity index is 494. The molecule has 0 aromatic carbocycles. The minimum absolute atomic E-state index is 0. The van der Waals surface area contributed by atoms with Crippen LogP contribution in [0.3, 0.4) is 0 Å². The number of rotatable bonds is 5. The molecule has 0 radical (unpaired) electrons. The van der Waals surface area contributed by atoms with Crippen molar-refractivity contribution in [3.05, 3.63) is 17.0 Å². The first kappa shape index (κ1) is 18.3. The first-order chi connectivity index (χ1) is 9.52. The molecule has 1 aromatic rings. The predicted molar refractivity (Wildman–Crippen MR) is 98.2 cm³/mol. The first-order valence-electron chi connectivity index (χ1n) is 7.54. The lowest BCUT2D eigenvalue weighted by molar-refractivity contribution is 0.693. The molecule has 2 N–H and O–H groups in total. The van der Waals surface area contributed by atoms with E-state index in [1.807, 2.05) is 18.7 Å². The van der Waals surface area contributed by atoms with E-state index in [1.54, 1.807) is 0 Å². The second-order valence-corrected chi connectivity index (χ2v) is 5.82. The lowest BCUT2D eigenvalue weighted by atomic mass is 10.2. The molecule has 1 saturated carbocycles. The van der Waals surface area contributed by atoms with Crippen LogP contribution in [0.5, 0.6) is 0 Å². The van der Waals surface area contributed by atoms with Crippen LogP contribution in [0.1, 0.15) is 37.2 Å². The van der Waals surface area contributed by atoms with E-state index in [1.165, 1.54) is 17.7 Å². The highest BCUT2D eigenvalue weighted by molar-refractivity contribution is 14.0. The average molecular weight is 405 g/mol. The molecule has 5 nitrogen and oxygen atoms in total. The molecule has 1 aliphatic rings. The fraction of sp³-hybridized carbons (Fsp3) is 0.733. The van der Waals surface area contributed by atoms with E-state index in [0.29, 0.717) is 6.54 Å². The van der Waals surface area contributed by atoms with Gasteiger partial charge in [-0.15, -0.1) is 24.0 Å². The molecule has 1 aromatic heterocycles. The van der Waals surface area contributed by atoms with Gasteiger partial charge in [-0.3, -0.25) is 4.68 Å². The van der Waals surface area contributed by atoms with Gasteiger partial charge in [-0.05, 0) is 39.0 Å². The van der Waals surface area contributed by atoms with Gasteiger partial charge in [0.2, 0.25) is 0 Å². The van der Waals surface area contributed by atoms with Crippen LogP contribution >= 0.6 is 24.0 Å². The minimum atomic E-state index is 0. The smallest absolute Gasteiger partial charge is 0.191 e. The average Bonchev–Trinajstić information content (AvgIpc) is 3.05. The highest BCUT2D eigenvalue weighted by Crippen LogP contribution is 2.36. The van der Waals surface area contributed by atoms with Gasteiger partial charge in [0.05, 0.1) is 12.2 Å². The van der Waals surface area contributed by atoms with E-state index < -0.39 is 0 Å². The Morgan fingerprint density at radius 2 is 2.05 bits per heavy atom. The zero-order chi connectivity index (χ0) is 14.7. The molecule has 0 bridgehead atoms. The summed E-state index contributed by atoms with van der Waals surface area (Å²) < 4.78 is 1.92. The van der Waals surface area contributed by atoms with Gasteiger partial charge < -0.3 is 10.6 Å². The Balaban J connectivity index is 0.00000220. The minimum Gasteiger partial charge on any atom is -0.357 e. The maximum atomic E-state index is 4.68. The SMILES string of the molecule is CCNC(=NCc1c(C)nn(C)c1C)NCC1CC1C.I. The molecule has 0 amide bonds. The van der Waals surface area contributed by atoms with Crippen molar-refractivity contribution >= 4 is 29.9 Å². The number of guanidine groups is 1. The van der Waals surface area contributed by atoms with Gasteiger partial charge >= 0.3 is 0 Å². The number of halogens is 1. The zero-order valence-electron chi connectivity index (χ0n) is 13.7. The summed E-state index contributed by atoms with van der Waals surface area (Å²) in [5.74, 6) is 2.60. The fourth-order valence-electron chi connectivity index (χ4n) is 2.46. The third kappa shape index (κ3) is 4.86. The van der Waals surface area contributed by atoms with E-state index in [2.05, 4.69) is 41.5 Å². The van der Waals surface area contributed by atoms with Crippen LogP contribution in [0, 0.1) is 25.7 Å². The van der Waals surface area contributed by atoms with Gasteiger partial charge in [-0.2, -0.15) is 5.10 Å². The largest absolute Gasteiger partial charge is 0.357 e. The van der Waals surface area contributed by atoms with E-state index in [0.717, 1.165) is 36.6 Å². The van der Waals surface area contributed by atoms with E-state index in [4.69, 9.17) is 0 Å². The monoisotopic (exact) mass is 405 g/mol. The Labute approximate surface area is 145 Å². The maximum absolute atomic E-state index is 4.68. The van der Waals surface area contributed by atoms with Gasteiger partial charge in [0.1, 0.15) is 0 Å². The maximum Gasteiger partial charge on any atom is 0.191 e. The molecule has 1 heterocycles. The molecule has 1 fully saturated rings. The number of nitrogens with one attached hydrogen (secondary N) is 2. The molecule has 2 unspecified atom stereocenters. The van der Waals surface area contributed by atoms with Crippen LogP contribution in [0.25, 0.3) is 0 Å². The van der Waals surface area contributed by atoms with Gasteiger partial charge in [-0.25, -0.2) is 4.99 Å². The zero-order valence-corrected chi connectivity index (χ0v) is 16.1. The van der Waals surface area contributed by atoms with Gasteiger partial charge in [0.15, 0.2) is 5.96 Å². The number of aromatic nitrogens is 2. The number of hydrogen-bond donors (Lipinski definition) is 2. The molecule has 6 heteroatoms. The summed E-state index contributed by atoms with van der Waals surface area (Å²) in [5.41, 5.74) is 3.49. The van der Waals surface area contributed by atoms with E-state index >= 15 is 0 Å². The third-order valence-electron chi connectivity index (χ3n) is 4.21. The molecule has 0 saturated heterocycles. The standard InChI is InChI=1S/C15H27N5.HI/c1-6-16-15(17-8-13-7-10(13)2)18-9-14-11(3)19-20(5)12(14)4;/h10,13H,6-9H2,1-5H3,(H2,16,17,18);1H. The van der Waals surface area contributed by atoms with Crippen molar-refractivity contribution in [1.29, 1.82) is 0 Å². The molecule has 120 valence electrons. The Morgan fingerprint density at radius 3 is 2.52 bits per heavy atom. The molecule has 2 atom stereocenters. The predicted octanol–water partition coefficient (Wildman–Crippen LogP) is 2.37. The highest BCUT2D eigenvalue weighted by Gasteiger charge is 2.32. The molecule has 0 aliphatic heterocycles. The molecular weight excluding hydrogens is 377 g/mol. The van der Waals surface area contributed by atoms with Crippen LogP contribution < -0.4 is 10.6 Å². The Morgan fingerprint density at radius 1 is 1.38 bits per heavy atom. The summed E-state index contributed by atoms with van der Waals surface area (Å²) in [5, 5.41) is 11.2. The Hall–Kier alpha value is -0.790.